The summed E-state index contributed by atoms with van der Waals surface area (Å²) in [6.45, 7) is 5.39. The Morgan fingerprint density at radius 3 is 3.21 bits per heavy atom. The highest BCUT2D eigenvalue weighted by atomic mass is 79.9. The average Bonchev–Trinajstić information content (AvgIpc) is 2.86. The van der Waals surface area contributed by atoms with E-state index in [-0.39, 0.29) is 0 Å². The SMILES string of the molecule is CCNC1CCN(c2cccc3cc(Br)cnc23)C1. The van der Waals surface area contributed by atoms with Crippen LogP contribution in [0.1, 0.15) is 13.3 Å². The van der Waals surface area contributed by atoms with Gasteiger partial charge in [0.05, 0.1) is 11.2 Å². The van der Waals surface area contributed by atoms with E-state index < -0.39 is 0 Å². The van der Waals surface area contributed by atoms with Gasteiger partial charge in [-0.05, 0) is 41.0 Å². The summed E-state index contributed by atoms with van der Waals surface area (Å²) in [6.07, 6.45) is 3.09. The molecular weight excluding hydrogens is 302 g/mol. The molecule has 0 radical (unpaired) electrons. The first-order valence-corrected chi connectivity index (χ1v) is 7.60. The largest absolute Gasteiger partial charge is 0.368 e. The van der Waals surface area contributed by atoms with Crippen LogP contribution in [0.2, 0.25) is 0 Å². The van der Waals surface area contributed by atoms with Gasteiger partial charge in [0.2, 0.25) is 0 Å². The predicted molar refractivity (Wildman–Crippen MR) is 83.7 cm³/mol. The van der Waals surface area contributed by atoms with Gasteiger partial charge in [-0.25, -0.2) is 0 Å². The van der Waals surface area contributed by atoms with Crippen molar-refractivity contribution < 1.29 is 0 Å². The molecule has 0 aliphatic carbocycles. The lowest BCUT2D eigenvalue weighted by Crippen LogP contribution is -2.32. The lowest BCUT2D eigenvalue weighted by Gasteiger charge is -2.20. The number of benzene rings is 1. The fraction of sp³-hybridized carbons (Fsp3) is 0.400. The Labute approximate surface area is 122 Å². The lowest BCUT2D eigenvalue weighted by molar-refractivity contribution is 0.572. The minimum Gasteiger partial charge on any atom is -0.368 e. The molecule has 100 valence electrons. The summed E-state index contributed by atoms with van der Waals surface area (Å²) in [5.74, 6) is 0. The Morgan fingerprint density at radius 2 is 2.37 bits per heavy atom. The number of hydrogen-bond acceptors (Lipinski definition) is 3. The van der Waals surface area contributed by atoms with Crippen LogP contribution < -0.4 is 10.2 Å². The molecule has 1 aliphatic rings. The van der Waals surface area contributed by atoms with E-state index in [0.29, 0.717) is 6.04 Å². The summed E-state index contributed by atoms with van der Waals surface area (Å²) in [6, 6.07) is 9.15. The van der Waals surface area contributed by atoms with Crippen molar-refractivity contribution in [1.29, 1.82) is 0 Å². The first-order valence-electron chi connectivity index (χ1n) is 6.80. The van der Waals surface area contributed by atoms with Crippen LogP contribution in [-0.2, 0) is 0 Å². The van der Waals surface area contributed by atoms with Crippen LogP contribution in [0.3, 0.4) is 0 Å². The molecule has 3 rings (SSSR count). The van der Waals surface area contributed by atoms with Gasteiger partial charge in [0.25, 0.3) is 0 Å². The Balaban J connectivity index is 1.93. The molecule has 1 aliphatic heterocycles. The van der Waals surface area contributed by atoms with Crippen LogP contribution in [0.15, 0.2) is 34.9 Å². The molecule has 1 atom stereocenters. The first-order chi connectivity index (χ1) is 9.28. The second-order valence-electron chi connectivity index (χ2n) is 4.99. The molecule has 19 heavy (non-hydrogen) atoms. The number of likely N-dealkylation sites (N-methyl/N-ethyl adjacent to an activating group) is 1. The number of aromatic nitrogens is 1. The summed E-state index contributed by atoms with van der Waals surface area (Å²) >= 11 is 3.48. The summed E-state index contributed by atoms with van der Waals surface area (Å²) < 4.78 is 1.03. The monoisotopic (exact) mass is 319 g/mol. The van der Waals surface area contributed by atoms with Crippen LogP contribution in [0.5, 0.6) is 0 Å². The quantitative estimate of drug-likeness (QED) is 0.941. The van der Waals surface area contributed by atoms with Crippen molar-refractivity contribution in [2.75, 3.05) is 24.5 Å². The topological polar surface area (TPSA) is 28.2 Å². The zero-order valence-electron chi connectivity index (χ0n) is 11.1. The third-order valence-corrected chi connectivity index (χ3v) is 4.11. The second-order valence-corrected chi connectivity index (χ2v) is 5.91. The fourth-order valence-electron chi connectivity index (χ4n) is 2.81. The Morgan fingerprint density at radius 1 is 1.47 bits per heavy atom. The number of pyridine rings is 1. The van der Waals surface area contributed by atoms with Crippen LogP contribution >= 0.6 is 15.9 Å². The van der Waals surface area contributed by atoms with E-state index in [9.17, 15) is 0 Å². The maximum Gasteiger partial charge on any atom is 0.0936 e. The van der Waals surface area contributed by atoms with Crippen LogP contribution in [0, 0.1) is 0 Å². The third-order valence-electron chi connectivity index (χ3n) is 3.68. The molecule has 1 saturated heterocycles. The van der Waals surface area contributed by atoms with Gasteiger partial charge in [-0.3, -0.25) is 4.98 Å². The molecule has 1 aromatic heterocycles. The second kappa shape index (κ2) is 5.47. The number of nitrogens with zero attached hydrogens (tertiary/aromatic N) is 2. The highest BCUT2D eigenvalue weighted by molar-refractivity contribution is 9.10. The highest BCUT2D eigenvalue weighted by Gasteiger charge is 2.23. The Hall–Kier alpha value is -1.13. The van der Waals surface area contributed by atoms with Crippen molar-refractivity contribution in [3.8, 4) is 0 Å². The van der Waals surface area contributed by atoms with Gasteiger partial charge in [-0.1, -0.05) is 19.1 Å². The number of para-hydroxylation sites is 1. The summed E-state index contributed by atoms with van der Waals surface area (Å²) in [5.41, 5.74) is 2.35. The molecule has 3 nitrogen and oxygen atoms in total. The zero-order valence-corrected chi connectivity index (χ0v) is 12.7. The number of anilines is 1. The number of hydrogen-bond donors (Lipinski definition) is 1. The molecule has 2 heterocycles. The highest BCUT2D eigenvalue weighted by Crippen LogP contribution is 2.29. The number of rotatable bonds is 3. The van der Waals surface area contributed by atoms with Crippen molar-refractivity contribution in [3.05, 3.63) is 34.9 Å². The molecule has 2 aromatic rings. The Bertz CT molecular complexity index is 585. The van der Waals surface area contributed by atoms with E-state index >= 15 is 0 Å². The molecule has 0 bridgehead atoms. The molecule has 1 N–H and O–H groups in total. The fourth-order valence-corrected chi connectivity index (χ4v) is 3.16. The molecule has 1 aromatic carbocycles. The molecular formula is C15H18BrN3. The van der Waals surface area contributed by atoms with Gasteiger partial charge < -0.3 is 10.2 Å². The predicted octanol–water partition coefficient (Wildman–Crippen LogP) is 3.19. The standard InChI is InChI=1S/C15H18BrN3/c1-2-17-13-6-7-19(10-13)14-5-3-4-11-8-12(16)9-18-15(11)14/h3-5,8-9,13,17H,2,6-7,10H2,1H3. The van der Waals surface area contributed by atoms with E-state index in [4.69, 9.17) is 0 Å². The van der Waals surface area contributed by atoms with Crippen molar-refractivity contribution >= 4 is 32.5 Å². The summed E-state index contributed by atoms with van der Waals surface area (Å²) in [4.78, 5) is 7.03. The van der Waals surface area contributed by atoms with E-state index in [2.05, 4.69) is 62.3 Å². The van der Waals surface area contributed by atoms with Crippen molar-refractivity contribution in [1.82, 2.24) is 10.3 Å². The molecule has 1 fully saturated rings. The first kappa shape index (κ1) is 12.9. The molecule has 0 spiro atoms. The lowest BCUT2D eigenvalue weighted by atomic mass is 10.2. The number of nitrogens with one attached hydrogen (secondary N) is 1. The maximum atomic E-state index is 4.59. The smallest absolute Gasteiger partial charge is 0.0936 e. The normalized spacial score (nSPS) is 19.3. The van der Waals surface area contributed by atoms with Gasteiger partial charge >= 0.3 is 0 Å². The van der Waals surface area contributed by atoms with Crippen LogP contribution in [0.25, 0.3) is 10.9 Å². The van der Waals surface area contributed by atoms with Gasteiger partial charge in [0.1, 0.15) is 0 Å². The maximum absolute atomic E-state index is 4.59. The summed E-state index contributed by atoms with van der Waals surface area (Å²) in [5, 5.41) is 4.73. The van der Waals surface area contributed by atoms with Gasteiger partial charge in [0.15, 0.2) is 0 Å². The minimum atomic E-state index is 0.607. The number of halogens is 1. The van der Waals surface area contributed by atoms with E-state index in [1.165, 1.54) is 17.5 Å². The zero-order chi connectivity index (χ0) is 13.2. The third kappa shape index (κ3) is 2.60. The Kier molecular flexibility index (Phi) is 3.71. The molecule has 0 saturated carbocycles. The average molecular weight is 320 g/mol. The number of fused-ring (bicyclic) bond motifs is 1. The van der Waals surface area contributed by atoms with Crippen molar-refractivity contribution in [3.63, 3.8) is 0 Å². The minimum absolute atomic E-state index is 0.607. The van der Waals surface area contributed by atoms with Crippen molar-refractivity contribution in [2.24, 2.45) is 0 Å². The summed E-state index contributed by atoms with van der Waals surface area (Å²) in [7, 11) is 0. The van der Waals surface area contributed by atoms with Crippen molar-refractivity contribution in [2.45, 2.75) is 19.4 Å². The molecule has 1 unspecified atom stereocenters. The molecule has 4 heteroatoms. The van der Waals surface area contributed by atoms with Gasteiger partial charge in [-0.2, -0.15) is 0 Å². The van der Waals surface area contributed by atoms with E-state index in [1.54, 1.807) is 0 Å². The van der Waals surface area contributed by atoms with Gasteiger partial charge in [0, 0.05) is 35.2 Å². The van der Waals surface area contributed by atoms with Crippen LogP contribution in [0.4, 0.5) is 5.69 Å². The molecule has 0 amide bonds. The van der Waals surface area contributed by atoms with E-state index in [1.807, 2.05) is 6.20 Å². The van der Waals surface area contributed by atoms with E-state index in [0.717, 1.165) is 29.6 Å². The van der Waals surface area contributed by atoms with Gasteiger partial charge in [-0.15, -0.1) is 0 Å². The van der Waals surface area contributed by atoms with Crippen LogP contribution in [-0.4, -0.2) is 30.7 Å².